The average Bonchev–Trinajstić information content (AvgIpc) is 2.74. The monoisotopic (exact) mass is 234 g/mol. The largest absolute Gasteiger partial charge is 0.465 e. The van der Waals surface area contributed by atoms with Gasteiger partial charge in [0.15, 0.2) is 6.61 Å². The maximum absolute atomic E-state index is 5.80. The van der Waals surface area contributed by atoms with Crippen LogP contribution in [0.3, 0.4) is 0 Å². The molecular formula is C13H18N2O2. The molecule has 92 valence electrons. The lowest BCUT2D eigenvalue weighted by Gasteiger charge is -2.48. The summed E-state index contributed by atoms with van der Waals surface area (Å²) in [6.45, 7) is 5.63. The Kier molecular flexibility index (Phi) is 2.73. The summed E-state index contributed by atoms with van der Waals surface area (Å²) < 4.78 is 5.51. The molecular weight excluding hydrogens is 216 g/mol. The number of nitrogens with zero attached hydrogens (tertiary/aromatic N) is 1. The predicted molar refractivity (Wildman–Crippen MR) is 63.6 cm³/mol. The van der Waals surface area contributed by atoms with Crippen LogP contribution in [0.5, 0.6) is 0 Å². The van der Waals surface area contributed by atoms with Crippen molar-refractivity contribution >= 4 is 0 Å². The van der Waals surface area contributed by atoms with Crippen molar-refractivity contribution in [3.8, 4) is 11.8 Å². The Bertz CT molecular complexity index is 388. The van der Waals surface area contributed by atoms with E-state index in [1.54, 1.807) is 0 Å². The van der Waals surface area contributed by atoms with Crippen LogP contribution in [-0.2, 0) is 9.57 Å². The second-order valence-corrected chi connectivity index (χ2v) is 4.93. The van der Waals surface area contributed by atoms with E-state index in [4.69, 9.17) is 9.57 Å². The smallest absolute Gasteiger partial charge is 0.210 e. The van der Waals surface area contributed by atoms with Crippen LogP contribution in [0.25, 0.3) is 0 Å². The van der Waals surface area contributed by atoms with E-state index in [-0.39, 0.29) is 5.60 Å². The van der Waals surface area contributed by atoms with E-state index in [2.05, 4.69) is 28.3 Å². The highest BCUT2D eigenvalue weighted by molar-refractivity contribution is 5.17. The van der Waals surface area contributed by atoms with Crippen molar-refractivity contribution in [2.24, 2.45) is 5.92 Å². The Balaban J connectivity index is 1.70. The van der Waals surface area contributed by atoms with Crippen molar-refractivity contribution < 1.29 is 9.57 Å². The summed E-state index contributed by atoms with van der Waals surface area (Å²) >= 11 is 0. The van der Waals surface area contributed by atoms with Crippen molar-refractivity contribution in [2.75, 3.05) is 26.2 Å². The first-order chi connectivity index (χ1) is 8.32. The maximum atomic E-state index is 5.80. The van der Waals surface area contributed by atoms with Gasteiger partial charge in [0.2, 0.25) is 5.88 Å². The Labute approximate surface area is 102 Å². The minimum atomic E-state index is -0.161. The quantitative estimate of drug-likeness (QED) is 0.719. The lowest BCUT2D eigenvalue weighted by molar-refractivity contribution is -0.142. The molecule has 4 aliphatic heterocycles. The Morgan fingerprint density at radius 2 is 2.41 bits per heavy atom. The summed E-state index contributed by atoms with van der Waals surface area (Å²) in [7, 11) is 0. The number of hydrogen-bond donors (Lipinski definition) is 1. The fourth-order valence-corrected chi connectivity index (χ4v) is 3.02. The molecule has 4 nitrogen and oxygen atoms in total. The number of hydrogen-bond acceptors (Lipinski definition) is 4. The third-order valence-corrected chi connectivity index (χ3v) is 3.94. The van der Waals surface area contributed by atoms with Crippen LogP contribution in [0, 0.1) is 17.8 Å². The molecule has 0 aromatic heterocycles. The second-order valence-electron chi connectivity index (χ2n) is 4.93. The van der Waals surface area contributed by atoms with E-state index in [0.29, 0.717) is 12.5 Å². The Morgan fingerprint density at radius 1 is 1.59 bits per heavy atom. The summed E-state index contributed by atoms with van der Waals surface area (Å²) in [5.41, 5.74) is 2.74. The zero-order chi connectivity index (χ0) is 11.7. The molecule has 1 N–H and O–H groups in total. The van der Waals surface area contributed by atoms with Gasteiger partial charge in [0, 0.05) is 12.6 Å². The van der Waals surface area contributed by atoms with Gasteiger partial charge in [-0.15, -0.1) is 5.92 Å². The number of nitrogens with one attached hydrogen (secondary N) is 1. The zero-order valence-corrected chi connectivity index (χ0v) is 10.2. The van der Waals surface area contributed by atoms with E-state index in [0.717, 1.165) is 12.4 Å². The molecule has 2 bridgehead atoms. The highest BCUT2D eigenvalue weighted by Crippen LogP contribution is 2.41. The molecule has 0 radical (unpaired) electrons. The molecule has 4 heterocycles. The highest BCUT2D eigenvalue weighted by Gasteiger charge is 2.50. The summed E-state index contributed by atoms with van der Waals surface area (Å²) in [6.07, 6.45) is 4.56. The SMILES string of the molecule is CC#CCOC1=CC2(CN3CCC2CC3)ON1. The Morgan fingerprint density at radius 3 is 3.06 bits per heavy atom. The van der Waals surface area contributed by atoms with E-state index in [1.165, 1.54) is 25.9 Å². The standard InChI is InChI=1S/C13H18N2O2/c1-2-3-8-16-12-9-13(17-14-12)10-15-6-4-11(13)5-7-15/h9,11,14H,4-8,10H2,1H3. The van der Waals surface area contributed by atoms with E-state index < -0.39 is 0 Å². The van der Waals surface area contributed by atoms with Crippen LogP contribution in [-0.4, -0.2) is 36.7 Å². The van der Waals surface area contributed by atoms with Gasteiger partial charge in [-0.05, 0) is 38.8 Å². The number of hydroxylamine groups is 1. The molecule has 4 rings (SSSR count). The fourth-order valence-electron chi connectivity index (χ4n) is 3.02. The Hall–Kier alpha value is -1.18. The molecule has 1 unspecified atom stereocenters. The van der Waals surface area contributed by atoms with Gasteiger partial charge in [0.25, 0.3) is 0 Å². The van der Waals surface area contributed by atoms with Gasteiger partial charge >= 0.3 is 0 Å². The fraction of sp³-hybridized carbons (Fsp3) is 0.692. The molecule has 4 aliphatic rings. The first kappa shape index (κ1) is 10.9. The molecule has 3 saturated heterocycles. The van der Waals surface area contributed by atoms with Gasteiger partial charge in [0.05, 0.1) is 0 Å². The first-order valence-corrected chi connectivity index (χ1v) is 6.24. The molecule has 0 amide bonds. The van der Waals surface area contributed by atoms with Crippen molar-refractivity contribution in [1.82, 2.24) is 10.4 Å². The zero-order valence-electron chi connectivity index (χ0n) is 10.2. The van der Waals surface area contributed by atoms with Gasteiger partial charge in [-0.25, -0.2) is 5.48 Å². The normalized spacial score (nSPS) is 38.3. The molecule has 3 fully saturated rings. The van der Waals surface area contributed by atoms with Crippen LogP contribution in [0.15, 0.2) is 12.0 Å². The lowest BCUT2D eigenvalue weighted by atomic mass is 9.75. The van der Waals surface area contributed by atoms with Crippen LogP contribution >= 0.6 is 0 Å². The summed E-state index contributed by atoms with van der Waals surface area (Å²) in [5.74, 6) is 7.04. The van der Waals surface area contributed by atoms with Crippen molar-refractivity contribution in [3.05, 3.63) is 12.0 Å². The van der Waals surface area contributed by atoms with Gasteiger partial charge in [0.1, 0.15) is 5.60 Å². The second kappa shape index (κ2) is 4.25. The number of fused-ring (bicyclic) bond motifs is 2. The summed E-state index contributed by atoms with van der Waals surface area (Å²) in [4.78, 5) is 8.27. The van der Waals surface area contributed by atoms with Crippen molar-refractivity contribution in [2.45, 2.75) is 25.4 Å². The maximum Gasteiger partial charge on any atom is 0.210 e. The third kappa shape index (κ3) is 1.90. The third-order valence-electron chi connectivity index (χ3n) is 3.94. The minimum Gasteiger partial charge on any atom is -0.465 e. The summed E-state index contributed by atoms with van der Waals surface area (Å²) in [6, 6.07) is 0. The van der Waals surface area contributed by atoms with E-state index in [9.17, 15) is 0 Å². The van der Waals surface area contributed by atoms with Gasteiger partial charge in [-0.3, -0.25) is 9.74 Å². The molecule has 4 heteroatoms. The number of piperidine rings is 3. The number of ether oxygens (including phenoxy) is 1. The molecule has 0 aliphatic carbocycles. The van der Waals surface area contributed by atoms with Crippen LogP contribution < -0.4 is 5.48 Å². The van der Waals surface area contributed by atoms with E-state index >= 15 is 0 Å². The predicted octanol–water partition coefficient (Wildman–Crippen LogP) is 0.867. The molecule has 1 atom stereocenters. The first-order valence-electron chi connectivity index (χ1n) is 6.24. The molecule has 0 aromatic rings. The lowest BCUT2D eigenvalue weighted by Crippen LogP contribution is -2.58. The van der Waals surface area contributed by atoms with Gasteiger partial charge in [-0.1, -0.05) is 5.92 Å². The van der Waals surface area contributed by atoms with Crippen LogP contribution in [0.4, 0.5) is 0 Å². The molecule has 0 saturated carbocycles. The van der Waals surface area contributed by atoms with Crippen molar-refractivity contribution in [1.29, 1.82) is 0 Å². The van der Waals surface area contributed by atoms with Crippen LogP contribution in [0.2, 0.25) is 0 Å². The highest BCUT2D eigenvalue weighted by atomic mass is 16.7. The molecule has 17 heavy (non-hydrogen) atoms. The topological polar surface area (TPSA) is 33.7 Å². The summed E-state index contributed by atoms with van der Waals surface area (Å²) in [5, 5.41) is 0. The molecule has 1 spiro atoms. The van der Waals surface area contributed by atoms with E-state index in [1.807, 2.05) is 6.92 Å². The minimum absolute atomic E-state index is 0.161. The number of rotatable bonds is 2. The van der Waals surface area contributed by atoms with Gasteiger partial charge < -0.3 is 4.74 Å². The van der Waals surface area contributed by atoms with Gasteiger partial charge in [-0.2, -0.15) is 0 Å². The molecule has 0 aromatic carbocycles. The average molecular weight is 234 g/mol. The van der Waals surface area contributed by atoms with Crippen molar-refractivity contribution in [3.63, 3.8) is 0 Å². The van der Waals surface area contributed by atoms with Crippen LogP contribution in [0.1, 0.15) is 19.8 Å².